The van der Waals surface area contributed by atoms with Gasteiger partial charge in [0.25, 0.3) is 5.91 Å². The molecule has 2 aromatic rings. The minimum atomic E-state index is -1.07. The van der Waals surface area contributed by atoms with E-state index in [2.05, 4.69) is 26.2 Å². The Kier molecular flexibility index (Phi) is 4.34. The molecule has 0 aromatic carbocycles. The number of rotatable bonds is 4. The SMILES string of the molecule is CC(O)(CNC(=O)c1ccnc(Br)c1)c1ccsc1. The van der Waals surface area contributed by atoms with Gasteiger partial charge in [0.05, 0.1) is 6.54 Å². The van der Waals surface area contributed by atoms with Crippen molar-refractivity contribution in [1.82, 2.24) is 10.3 Å². The quantitative estimate of drug-likeness (QED) is 0.840. The van der Waals surface area contributed by atoms with Crippen LogP contribution in [0.2, 0.25) is 0 Å². The van der Waals surface area contributed by atoms with Crippen LogP contribution in [0.4, 0.5) is 0 Å². The third-order valence-corrected chi connectivity index (χ3v) is 3.84. The molecule has 1 atom stereocenters. The number of thiophene rings is 1. The lowest BCUT2D eigenvalue weighted by Gasteiger charge is -2.22. The second kappa shape index (κ2) is 5.81. The Hall–Kier alpha value is -1.24. The number of aromatic nitrogens is 1. The summed E-state index contributed by atoms with van der Waals surface area (Å²) in [6, 6.07) is 5.11. The third kappa shape index (κ3) is 3.62. The lowest BCUT2D eigenvalue weighted by atomic mass is 9.99. The maximum Gasteiger partial charge on any atom is 0.251 e. The first-order valence-electron chi connectivity index (χ1n) is 5.64. The van der Waals surface area contributed by atoms with Crippen molar-refractivity contribution in [3.8, 4) is 0 Å². The molecule has 1 unspecified atom stereocenters. The van der Waals surface area contributed by atoms with Crippen molar-refractivity contribution >= 4 is 33.2 Å². The van der Waals surface area contributed by atoms with Gasteiger partial charge in [-0.1, -0.05) is 0 Å². The van der Waals surface area contributed by atoms with Crippen LogP contribution >= 0.6 is 27.3 Å². The zero-order valence-electron chi connectivity index (χ0n) is 10.3. The van der Waals surface area contributed by atoms with E-state index in [1.54, 1.807) is 25.3 Å². The van der Waals surface area contributed by atoms with Gasteiger partial charge >= 0.3 is 0 Å². The highest BCUT2D eigenvalue weighted by molar-refractivity contribution is 9.10. The van der Waals surface area contributed by atoms with E-state index in [-0.39, 0.29) is 12.5 Å². The van der Waals surface area contributed by atoms with Crippen molar-refractivity contribution in [2.24, 2.45) is 0 Å². The first-order valence-corrected chi connectivity index (χ1v) is 7.37. The van der Waals surface area contributed by atoms with E-state index in [0.717, 1.165) is 5.56 Å². The molecule has 0 aliphatic heterocycles. The van der Waals surface area contributed by atoms with Gasteiger partial charge in [-0.3, -0.25) is 4.79 Å². The van der Waals surface area contributed by atoms with Crippen LogP contribution in [-0.2, 0) is 5.60 Å². The Morgan fingerprint density at radius 1 is 1.58 bits per heavy atom. The number of carbonyl (C=O) groups is 1. The molecule has 0 aliphatic carbocycles. The predicted octanol–water partition coefficient (Wildman–Crippen LogP) is 2.54. The largest absolute Gasteiger partial charge is 0.384 e. The fourth-order valence-corrected chi connectivity index (χ4v) is 2.72. The van der Waals surface area contributed by atoms with Crippen LogP contribution in [0, 0.1) is 0 Å². The van der Waals surface area contributed by atoms with Crippen LogP contribution in [-0.4, -0.2) is 22.5 Å². The molecular formula is C13H13BrN2O2S. The number of nitrogens with one attached hydrogen (secondary N) is 1. The Bertz CT molecular complexity index is 570. The zero-order valence-corrected chi connectivity index (χ0v) is 12.7. The molecule has 0 spiro atoms. The molecule has 2 aromatic heterocycles. The van der Waals surface area contributed by atoms with E-state index in [4.69, 9.17) is 0 Å². The van der Waals surface area contributed by atoms with Gasteiger partial charge in [0.1, 0.15) is 10.2 Å². The van der Waals surface area contributed by atoms with Gasteiger partial charge < -0.3 is 10.4 Å². The summed E-state index contributed by atoms with van der Waals surface area (Å²) in [6.07, 6.45) is 1.55. The smallest absolute Gasteiger partial charge is 0.251 e. The summed E-state index contributed by atoms with van der Waals surface area (Å²) < 4.78 is 0.602. The summed E-state index contributed by atoms with van der Waals surface area (Å²) in [4.78, 5) is 15.9. The van der Waals surface area contributed by atoms with Crippen LogP contribution in [0.15, 0.2) is 39.8 Å². The van der Waals surface area contributed by atoms with Crippen LogP contribution in [0.5, 0.6) is 0 Å². The summed E-state index contributed by atoms with van der Waals surface area (Å²) in [5.74, 6) is -0.237. The maximum atomic E-state index is 11.9. The maximum absolute atomic E-state index is 11.9. The average Bonchev–Trinajstić information content (AvgIpc) is 2.90. The molecule has 1 amide bonds. The molecule has 0 aliphatic rings. The van der Waals surface area contributed by atoms with Gasteiger partial charge in [-0.05, 0) is 57.4 Å². The number of nitrogens with zero attached hydrogens (tertiary/aromatic N) is 1. The normalized spacial score (nSPS) is 13.8. The minimum Gasteiger partial charge on any atom is -0.384 e. The second-order valence-corrected chi connectivity index (χ2v) is 5.93. The predicted molar refractivity (Wildman–Crippen MR) is 78.2 cm³/mol. The monoisotopic (exact) mass is 340 g/mol. The van der Waals surface area contributed by atoms with E-state index >= 15 is 0 Å². The second-order valence-electron chi connectivity index (χ2n) is 4.34. The standard InChI is InChI=1S/C13H13BrN2O2S/c1-13(18,10-3-5-19-7-10)8-16-12(17)9-2-4-15-11(14)6-9/h2-7,18H,8H2,1H3,(H,16,17). The van der Waals surface area contributed by atoms with Crippen molar-refractivity contribution in [3.05, 3.63) is 50.9 Å². The Morgan fingerprint density at radius 3 is 3.00 bits per heavy atom. The number of halogens is 1. The van der Waals surface area contributed by atoms with Crippen molar-refractivity contribution in [2.75, 3.05) is 6.54 Å². The molecule has 4 nitrogen and oxygen atoms in total. The Balaban J connectivity index is 2.01. The molecule has 100 valence electrons. The highest BCUT2D eigenvalue weighted by atomic mass is 79.9. The summed E-state index contributed by atoms with van der Waals surface area (Å²) in [5.41, 5.74) is 0.233. The molecule has 0 saturated carbocycles. The minimum absolute atomic E-state index is 0.155. The van der Waals surface area contributed by atoms with Gasteiger partial charge in [0, 0.05) is 11.8 Å². The number of hydrogen-bond donors (Lipinski definition) is 2. The molecule has 2 N–H and O–H groups in total. The number of carbonyl (C=O) groups excluding carboxylic acids is 1. The van der Waals surface area contributed by atoms with E-state index in [1.807, 2.05) is 16.8 Å². The zero-order chi connectivity index (χ0) is 13.9. The molecule has 6 heteroatoms. The molecule has 0 saturated heterocycles. The van der Waals surface area contributed by atoms with Crippen molar-refractivity contribution in [2.45, 2.75) is 12.5 Å². The van der Waals surface area contributed by atoms with Gasteiger partial charge in [-0.25, -0.2) is 4.98 Å². The van der Waals surface area contributed by atoms with Crippen LogP contribution in [0.3, 0.4) is 0 Å². The van der Waals surface area contributed by atoms with Gasteiger partial charge in [0.2, 0.25) is 0 Å². The topological polar surface area (TPSA) is 62.2 Å². The number of hydrogen-bond acceptors (Lipinski definition) is 4. The first-order chi connectivity index (χ1) is 8.99. The molecule has 0 fully saturated rings. The fraction of sp³-hybridized carbons (Fsp3) is 0.231. The van der Waals surface area contributed by atoms with Gasteiger partial charge in [-0.15, -0.1) is 0 Å². The molecule has 0 bridgehead atoms. The fourth-order valence-electron chi connectivity index (χ4n) is 1.57. The van der Waals surface area contributed by atoms with E-state index < -0.39 is 5.60 Å². The van der Waals surface area contributed by atoms with Crippen molar-refractivity contribution in [1.29, 1.82) is 0 Å². The summed E-state index contributed by atoms with van der Waals surface area (Å²) >= 11 is 4.73. The highest BCUT2D eigenvalue weighted by Crippen LogP contribution is 2.22. The lowest BCUT2D eigenvalue weighted by molar-refractivity contribution is 0.0530. The number of aliphatic hydroxyl groups is 1. The number of pyridine rings is 1. The van der Waals surface area contributed by atoms with E-state index in [1.165, 1.54) is 11.3 Å². The van der Waals surface area contributed by atoms with Crippen LogP contribution in [0.1, 0.15) is 22.8 Å². The molecule has 2 heterocycles. The van der Waals surface area contributed by atoms with Gasteiger partial charge in [-0.2, -0.15) is 11.3 Å². The average molecular weight is 341 g/mol. The lowest BCUT2D eigenvalue weighted by Crippen LogP contribution is -2.38. The molecule has 2 rings (SSSR count). The van der Waals surface area contributed by atoms with Crippen LogP contribution < -0.4 is 5.32 Å². The Labute approximate surface area is 123 Å². The number of amides is 1. The van der Waals surface area contributed by atoms with Crippen molar-refractivity contribution in [3.63, 3.8) is 0 Å². The first kappa shape index (κ1) is 14.2. The summed E-state index contributed by atoms with van der Waals surface area (Å²) in [5, 5.41) is 16.8. The van der Waals surface area contributed by atoms with E-state index in [9.17, 15) is 9.90 Å². The molecule has 0 radical (unpaired) electrons. The molecular weight excluding hydrogens is 328 g/mol. The Morgan fingerprint density at radius 2 is 2.37 bits per heavy atom. The van der Waals surface area contributed by atoms with Gasteiger partial charge in [0.15, 0.2) is 0 Å². The third-order valence-electron chi connectivity index (χ3n) is 2.72. The summed E-state index contributed by atoms with van der Waals surface area (Å²) in [7, 11) is 0. The summed E-state index contributed by atoms with van der Waals surface area (Å²) in [6.45, 7) is 1.83. The van der Waals surface area contributed by atoms with Crippen molar-refractivity contribution < 1.29 is 9.90 Å². The molecule has 19 heavy (non-hydrogen) atoms. The van der Waals surface area contributed by atoms with E-state index in [0.29, 0.717) is 10.2 Å². The highest BCUT2D eigenvalue weighted by Gasteiger charge is 2.24. The van der Waals surface area contributed by atoms with Crippen LogP contribution in [0.25, 0.3) is 0 Å².